The normalized spacial score (nSPS) is 13.9. The number of aromatic nitrogens is 1. The zero-order chi connectivity index (χ0) is 20.3. The fourth-order valence-corrected chi connectivity index (χ4v) is 3.71. The van der Waals surface area contributed by atoms with Crippen molar-refractivity contribution in [1.29, 1.82) is 5.26 Å². The Morgan fingerprint density at radius 3 is 2.54 bits per heavy atom. The maximum absolute atomic E-state index is 12.9. The lowest BCUT2D eigenvalue weighted by atomic mass is 10.0. The summed E-state index contributed by atoms with van der Waals surface area (Å²) in [7, 11) is 1.50. The van der Waals surface area contributed by atoms with E-state index in [2.05, 4.69) is 0 Å². The van der Waals surface area contributed by atoms with E-state index in [9.17, 15) is 20.0 Å². The Morgan fingerprint density at radius 1 is 1.29 bits per heavy atom. The molecule has 3 rings (SSSR count). The van der Waals surface area contributed by atoms with Gasteiger partial charge in [0.2, 0.25) is 11.7 Å². The Morgan fingerprint density at radius 2 is 1.93 bits per heavy atom. The van der Waals surface area contributed by atoms with E-state index >= 15 is 0 Å². The summed E-state index contributed by atoms with van der Waals surface area (Å²) in [6, 6.07) is 8.58. The Labute approximate surface area is 162 Å². The van der Waals surface area contributed by atoms with Gasteiger partial charge in [0.1, 0.15) is 11.6 Å². The SMILES string of the molecule is COc1ccccc1OCC(=O)c1c(C)c(C#N)c(=O)n(C2CCCC2)c1O. The molecule has 2 aromatic rings. The van der Waals surface area contributed by atoms with Crippen LogP contribution in [0.1, 0.15) is 53.2 Å². The number of aromatic hydroxyl groups is 1. The Hall–Kier alpha value is -3.27. The molecule has 0 bridgehead atoms. The Balaban J connectivity index is 1.98. The van der Waals surface area contributed by atoms with Gasteiger partial charge in [-0.2, -0.15) is 5.26 Å². The molecule has 1 aliphatic rings. The highest BCUT2D eigenvalue weighted by atomic mass is 16.5. The number of rotatable bonds is 6. The van der Waals surface area contributed by atoms with Gasteiger partial charge in [0.05, 0.1) is 12.7 Å². The summed E-state index contributed by atoms with van der Waals surface area (Å²) in [6.45, 7) is 1.14. The van der Waals surface area contributed by atoms with E-state index in [1.807, 2.05) is 6.07 Å². The van der Waals surface area contributed by atoms with Crippen molar-refractivity contribution in [1.82, 2.24) is 4.57 Å². The molecule has 0 radical (unpaired) electrons. The molecule has 1 aromatic heterocycles. The molecule has 1 heterocycles. The number of ether oxygens (including phenoxy) is 2. The van der Waals surface area contributed by atoms with Crippen LogP contribution in [0.2, 0.25) is 0 Å². The number of carbonyl (C=O) groups is 1. The number of Topliss-reactive ketones (excluding diaryl/α,β-unsaturated/α-hetero) is 1. The second kappa shape index (κ2) is 8.17. The number of ketones is 1. The smallest absolute Gasteiger partial charge is 0.271 e. The molecule has 0 aliphatic heterocycles. The zero-order valence-electron chi connectivity index (χ0n) is 15.9. The molecular weight excluding hydrogens is 360 g/mol. The minimum absolute atomic E-state index is 0.0436. The third-order valence-electron chi connectivity index (χ3n) is 5.14. The van der Waals surface area contributed by atoms with Crippen LogP contribution in [-0.2, 0) is 0 Å². The number of para-hydroxylation sites is 2. The van der Waals surface area contributed by atoms with Crippen molar-refractivity contribution in [2.75, 3.05) is 13.7 Å². The van der Waals surface area contributed by atoms with Crippen LogP contribution < -0.4 is 15.0 Å². The molecule has 28 heavy (non-hydrogen) atoms. The molecule has 0 atom stereocenters. The quantitative estimate of drug-likeness (QED) is 0.770. The standard InChI is InChI=1S/C21H22N2O5/c1-13-15(11-22)20(25)23(14-7-3-4-8-14)21(26)19(13)16(24)12-28-18-10-6-5-9-17(18)27-2/h5-6,9-10,14,26H,3-4,7-8,12H2,1-2H3. The first kappa shape index (κ1) is 19.5. The van der Waals surface area contributed by atoms with E-state index in [-0.39, 0.29) is 35.2 Å². The van der Waals surface area contributed by atoms with Crippen LogP contribution in [0.25, 0.3) is 0 Å². The molecule has 1 aromatic carbocycles. The van der Waals surface area contributed by atoms with Gasteiger partial charge in [-0.1, -0.05) is 25.0 Å². The van der Waals surface area contributed by atoms with Crippen molar-refractivity contribution < 1.29 is 19.4 Å². The topological polar surface area (TPSA) is 102 Å². The van der Waals surface area contributed by atoms with Crippen molar-refractivity contribution in [3.63, 3.8) is 0 Å². The number of hydrogen-bond acceptors (Lipinski definition) is 6. The molecular formula is C21H22N2O5. The van der Waals surface area contributed by atoms with E-state index < -0.39 is 11.3 Å². The van der Waals surface area contributed by atoms with Gasteiger partial charge in [-0.15, -0.1) is 0 Å². The average Bonchev–Trinajstić information content (AvgIpc) is 3.21. The van der Waals surface area contributed by atoms with Gasteiger partial charge in [-0.05, 0) is 37.5 Å². The highest BCUT2D eigenvalue weighted by Gasteiger charge is 2.29. The lowest BCUT2D eigenvalue weighted by Gasteiger charge is -2.20. The molecule has 0 amide bonds. The van der Waals surface area contributed by atoms with Gasteiger partial charge >= 0.3 is 0 Å². The van der Waals surface area contributed by atoms with E-state index in [0.29, 0.717) is 11.5 Å². The Bertz CT molecular complexity index is 997. The first-order valence-electron chi connectivity index (χ1n) is 9.16. The third-order valence-corrected chi connectivity index (χ3v) is 5.14. The summed E-state index contributed by atoms with van der Waals surface area (Å²) in [5.74, 6) is -0.0313. The fourth-order valence-electron chi connectivity index (χ4n) is 3.71. The first-order chi connectivity index (χ1) is 13.5. The van der Waals surface area contributed by atoms with Crippen LogP contribution in [-0.4, -0.2) is 29.2 Å². The molecule has 1 aliphatic carbocycles. The van der Waals surface area contributed by atoms with E-state index in [4.69, 9.17) is 9.47 Å². The van der Waals surface area contributed by atoms with Crippen LogP contribution in [0.15, 0.2) is 29.1 Å². The van der Waals surface area contributed by atoms with Crippen molar-refractivity contribution >= 4 is 5.78 Å². The molecule has 1 saturated carbocycles. The second-order valence-electron chi connectivity index (χ2n) is 6.79. The van der Waals surface area contributed by atoms with Gasteiger partial charge in [0.25, 0.3) is 5.56 Å². The number of carbonyl (C=O) groups excluding carboxylic acids is 1. The van der Waals surface area contributed by atoms with Gasteiger partial charge < -0.3 is 14.6 Å². The predicted octanol–water partition coefficient (Wildman–Crippen LogP) is 3.12. The summed E-state index contributed by atoms with van der Waals surface area (Å²) in [5.41, 5.74) is -0.539. The molecule has 1 N–H and O–H groups in total. The van der Waals surface area contributed by atoms with Crippen molar-refractivity contribution in [2.45, 2.75) is 38.6 Å². The summed E-state index contributed by atoms with van der Waals surface area (Å²) < 4.78 is 12.0. The Kier molecular flexibility index (Phi) is 5.69. The summed E-state index contributed by atoms with van der Waals surface area (Å²) in [6.07, 6.45) is 3.33. The number of benzene rings is 1. The summed E-state index contributed by atoms with van der Waals surface area (Å²) in [4.78, 5) is 25.5. The van der Waals surface area contributed by atoms with Gasteiger partial charge in [-0.3, -0.25) is 14.2 Å². The maximum atomic E-state index is 12.9. The van der Waals surface area contributed by atoms with Crippen LogP contribution in [0.4, 0.5) is 0 Å². The third kappa shape index (κ3) is 3.46. The molecule has 7 heteroatoms. The summed E-state index contributed by atoms with van der Waals surface area (Å²) in [5, 5.41) is 20.2. The summed E-state index contributed by atoms with van der Waals surface area (Å²) >= 11 is 0. The average molecular weight is 382 g/mol. The molecule has 0 unspecified atom stereocenters. The van der Waals surface area contributed by atoms with Gasteiger partial charge in [0, 0.05) is 6.04 Å². The number of nitrogens with zero attached hydrogens (tertiary/aromatic N) is 2. The fraction of sp³-hybridized carbons (Fsp3) is 0.381. The minimum Gasteiger partial charge on any atom is -0.494 e. The highest BCUT2D eigenvalue weighted by molar-refractivity contribution is 6.01. The molecule has 0 saturated heterocycles. The highest BCUT2D eigenvalue weighted by Crippen LogP contribution is 2.34. The zero-order valence-corrected chi connectivity index (χ0v) is 15.9. The lowest BCUT2D eigenvalue weighted by molar-refractivity contribution is 0.0914. The van der Waals surface area contributed by atoms with E-state index in [1.165, 1.54) is 18.6 Å². The van der Waals surface area contributed by atoms with Crippen LogP contribution >= 0.6 is 0 Å². The predicted molar refractivity (Wildman–Crippen MR) is 102 cm³/mol. The van der Waals surface area contributed by atoms with Crippen molar-refractivity contribution in [2.24, 2.45) is 0 Å². The molecule has 7 nitrogen and oxygen atoms in total. The van der Waals surface area contributed by atoms with E-state index in [0.717, 1.165) is 25.7 Å². The minimum atomic E-state index is -0.549. The number of nitriles is 1. The van der Waals surface area contributed by atoms with Crippen LogP contribution in [0, 0.1) is 18.3 Å². The second-order valence-corrected chi connectivity index (χ2v) is 6.79. The number of methoxy groups -OCH3 is 1. The largest absolute Gasteiger partial charge is 0.494 e. The van der Waals surface area contributed by atoms with Gasteiger partial charge in [0.15, 0.2) is 18.1 Å². The first-order valence-corrected chi connectivity index (χ1v) is 9.16. The van der Waals surface area contributed by atoms with Crippen molar-refractivity contribution in [3.05, 3.63) is 51.3 Å². The van der Waals surface area contributed by atoms with Crippen molar-refractivity contribution in [3.8, 4) is 23.4 Å². The van der Waals surface area contributed by atoms with Gasteiger partial charge in [-0.25, -0.2) is 0 Å². The van der Waals surface area contributed by atoms with E-state index in [1.54, 1.807) is 24.3 Å². The lowest BCUT2D eigenvalue weighted by Crippen LogP contribution is -2.29. The monoisotopic (exact) mass is 382 g/mol. The molecule has 0 spiro atoms. The molecule has 1 fully saturated rings. The van der Waals surface area contributed by atoms with Crippen LogP contribution in [0.5, 0.6) is 17.4 Å². The van der Waals surface area contributed by atoms with Crippen LogP contribution in [0.3, 0.4) is 0 Å². The number of pyridine rings is 1. The number of hydrogen-bond donors (Lipinski definition) is 1. The maximum Gasteiger partial charge on any atom is 0.271 e. The molecule has 146 valence electrons.